The maximum Gasteiger partial charge on any atom is 0.138 e. The van der Waals surface area contributed by atoms with Crippen LogP contribution in [0.1, 0.15) is 0 Å². The summed E-state index contributed by atoms with van der Waals surface area (Å²) in [6, 6.07) is 12.2. The molecule has 0 amide bonds. The molecule has 94 valence electrons. The Balaban J connectivity index is 2.10. The lowest BCUT2D eigenvalue weighted by Crippen LogP contribution is -1.77. The Morgan fingerprint density at radius 1 is 0.750 bits per heavy atom. The van der Waals surface area contributed by atoms with E-state index in [4.69, 9.17) is 0 Å². The van der Waals surface area contributed by atoms with Gasteiger partial charge in [-0.05, 0) is 18.2 Å². The molecule has 4 nitrogen and oxygen atoms in total. The lowest BCUT2D eigenvalue weighted by atomic mass is 10.2. The number of fused-ring (bicyclic) bond motifs is 7. The second-order valence-electron chi connectivity index (χ2n) is 4.97. The summed E-state index contributed by atoms with van der Waals surface area (Å²) in [6.45, 7) is 0. The molecule has 0 aliphatic carbocycles. The molecule has 4 aromatic heterocycles. The summed E-state index contributed by atoms with van der Waals surface area (Å²) in [4.78, 5) is 15.9. The van der Waals surface area contributed by atoms with E-state index in [-0.39, 0.29) is 0 Å². The van der Waals surface area contributed by atoms with Crippen molar-refractivity contribution in [2.75, 3.05) is 0 Å². The Kier molecular flexibility index (Phi) is 1.68. The highest BCUT2D eigenvalue weighted by Crippen LogP contribution is 2.31. The van der Waals surface area contributed by atoms with E-state index in [1.54, 1.807) is 6.20 Å². The number of H-pyrrole nitrogens is 2. The van der Waals surface area contributed by atoms with Gasteiger partial charge in [-0.1, -0.05) is 18.2 Å². The van der Waals surface area contributed by atoms with Crippen molar-refractivity contribution in [3.05, 3.63) is 48.8 Å². The highest BCUT2D eigenvalue weighted by atomic mass is 14.9. The zero-order valence-corrected chi connectivity index (χ0v) is 10.5. The average Bonchev–Trinajstić information content (AvgIpc) is 3.05. The van der Waals surface area contributed by atoms with Gasteiger partial charge in [-0.25, -0.2) is 4.98 Å². The first-order valence-electron chi connectivity index (χ1n) is 6.53. The quantitative estimate of drug-likeness (QED) is 0.444. The van der Waals surface area contributed by atoms with E-state index >= 15 is 0 Å². The van der Waals surface area contributed by atoms with Crippen LogP contribution in [0.2, 0.25) is 0 Å². The van der Waals surface area contributed by atoms with Crippen molar-refractivity contribution < 1.29 is 0 Å². The van der Waals surface area contributed by atoms with E-state index in [9.17, 15) is 0 Å². The van der Waals surface area contributed by atoms with Gasteiger partial charge in [0.05, 0.1) is 16.6 Å². The van der Waals surface area contributed by atoms with Crippen molar-refractivity contribution >= 4 is 43.9 Å². The van der Waals surface area contributed by atoms with Gasteiger partial charge in [0.1, 0.15) is 5.65 Å². The predicted octanol–water partition coefficient (Wildman–Crippen LogP) is 3.75. The van der Waals surface area contributed by atoms with Gasteiger partial charge < -0.3 is 9.97 Å². The fourth-order valence-electron chi connectivity index (χ4n) is 2.95. The number of aromatic amines is 2. The van der Waals surface area contributed by atoms with Crippen LogP contribution in [0, 0.1) is 0 Å². The van der Waals surface area contributed by atoms with Crippen LogP contribution in [0.15, 0.2) is 48.8 Å². The van der Waals surface area contributed by atoms with Crippen LogP contribution in [0.5, 0.6) is 0 Å². The molecule has 0 unspecified atom stereocenters. The highest BCUT2D eigenvalue weighted by Gasteiger charge is 2.12. The molecule has 0 bridgehead atoms. The van der Waals surface area contributed by atoms with Gasteiger partial charge in [0.25, 0.3) is 0 Å². The van der Waals surface area contributed by atoms with Crippen LogP contribution < -0.4 is 0 Å². The van der Waals surface area contributed by atoms with Crippen LogP contribution in [-0.4, -0.2) is 19.9 Å². The minimum Gasteiger partial charge on any atom is -0.351 e. The van der Waals surface area contributed by atoms with Crippen LogP contribution in [0.25, 0.3) is 43.9 Å². The van der Waals surface area contributed by atoms with Gasteiger partial charge >= 0.3 is 0 Å². The maximum absolute atomic E-state index is 4.64. The summed E-state index contributed by atoms with van der Waals surface area (Å²) in [5.41, 5.74) is 5.12. The van der Waals surface area contributed by atoms with Crippen LogP contribution in [0.3, 0.4) is 0 Å². The van der Waals surface area contributed by atoms with Gasteiger partial charge in [0.2, 0.25) is 0 Å². The van der Waals surface area contributed by atoms with Crippen molar-refractivity contribution in [3.63, 3.8) is 0 Å². The van der Waals surface area contributed by atoms with Crippen molar-refractivity contribution in [2.45, 2.75) is 0 Å². The molecule has 0 aliphatic rings. The van der Waals surface area contributed by atoms with Crippen LogP contribution in [-0.2, 0) is 0 Å². The Bertz CT molecular complexity index is 1010. The number of nitrogens with zero attached hydrogens (tertiary/aromatic N) is 2. The molecule has 0 saturated carbocycles. The molecule has 4 heteroatoms. The monoisotopic (exact) mass is 258 g/mol. The minimum atomic E-state index is 0.899. The first kappa shape index (κ1) is 9.97. The van der Waals surface area contributed by atoms with E-state index in [0.717, 1.165) is 43.9 Å². The second-order valence-corrected chi connectivity index (χ2v) is 4.97. The smallest absolute Gasteiger partial charge is 0.138 e. The maximum atomic E-state index is 4.64. The third kappa shape index (κ3) is 1.11. The Hall–Kier alpha value is -2.88. The molecule has 5 aromatic rings. The van der Waals surface area contributed by atoms with E-state index < -0.39 is 0 Å². The van der Waals surface area contributed by atoms with E-state index in [1.165, 1.54) is 0 Å². The van der Waals surface area contributed by atoms with Gasteiger partial charge in [-0.3, -0.25) is 4.98 Å². The Morgan fingerprint density at radius 2 is 1.65 bits per heavy atom. The number of hydrogen-bond donors (Lipinski definition) is 2. The van der Waals surface area contributed by atoms with E-state index in [0.29, 0.717) is 0 Å². The molecule has 20 heavy (non-hydrogen) atoms. The molecule has 0 atom stereocenters. The molecule has 0 fully saturated rings. The normalized spacial score (nSPS) is 12.0. The molecule has 0 radical (unpaired) electrons. The van der Waals surface area contributed by atoms with E-state index in [1.807, 2.05) is 24.4 Å². The molecule has 0 spiro atoms. The summed E-state index contributed by atoms with van der Waals surface area (Å²) in [7, 11) is 0. The van der Waals surface area contributed by atoms with E-state index in [2.05, 4.69) is 38.1 Å². The largest absolute Gasteiger partial charge is 0.351 e. The molecular weight excluding hydrogens is 248 g/mol. The standard InChI is InChI=1S/C16H10N4/c1-2-6-12-10(4-1)13-15(19-12)14-11(8-18-13)9-5-3-7-17-16(9)20-14/h1-8,19H,(H,17,20). The summed E-state index contributed by atoms with van der Waals surface area (Å²) < 4.78 is 0. The Labute approximate surface area is 113 Å². The van der Waals surface area contributed by atoms with Gasteiger partial charge in [0, 0.05) is 34.1 Å². The lowest BCUT2D eigenvalue weighted by molar-refractivity contribution is 1.35. The zero-order valence-electron chi connectivity index (χ0n) is 10.5. The molecular formula is C16H10N4. The number of rotatable bonds is 0. The molecule has 0 aliphatic heterocycles. The third-order valence-electron chi connectivity index (χ3n) is 3.86. The van der Waals surface area contributed by atoms with Crippen LogP contribution >= 0.6 is 0 Å². The minimum absolute atomic E-state index is 0.899. The molecule has 2 N–H and O–H groups in total. The SMILES string of the molecule is c1ccc2c(c1)[nH]c1c2ncc2c3cccnc3[nH]c21. The number of para-hydroxylation sites is 1. The topological polar surface area (TPSA) is 57.4 Å². The number of aromatic nitrogens is 4. The predicted molar refractivity (Wildman–Crippen MR) is 80.8 cm³/mol. The summed E-state index contributed by atoms with van der Waals surface area (Å²) >= 11 is 0. The fraction of sp³-hybridized carbons (Fsp3) is 0. The zero-order chi connectivity index (χ0) is 13.1. The average molecular weight is 258 g/mol. The van der Waals surface area contributed by atoms with Crippen LogP contribution in [0.4, 0.5) is 0 Å². The number of nitrogens with one attached hydrogen (secondary N) is 2. The van der Waals surface area contributed by atoms with Gasteiger partial charge in [0.15, 0.2) is 0 Å². The van der Waals surface area contributed by atoms with Crippen molar-refractivity contribution in [2.24, 2.45) is 0 Å². The first-order chi connectivity index (χ1) is 9.92. The number of benzene rings is 1. The third-order valence-corrected chi connectivity index (χ3v) is 3.86. The molecule has 5 rings (SSSR count). The van der Waals surface area contributed by atoms with Gasteiger partial charge in [-0.2, -0.15) is 0 Å². The second kappa shape index (κ2) is 3.36. The summed E-state index contributed by atoms with van der Waals surface area (Å²) in [6.07, 6.45) is 3.73. The molecule has 4 heterocycles. The number of hydrogen-bond acceptors (Lipinski definition) is 2. The first-order valence-corrected chi connectivity index (χ1v) is 6.53. The lowest BCUT2D eigenvalue weighted by Gasteiger charge is -1.92. The van der Waals surface area contributed by atoms with Crippen molar-refractivity contribution in [1.29, 1.82) is 0 Å². The highest BCUT2D eigenvalue weighted by molar-refractivity contribution is 6.19. The summed E-state index contributed by atoms with van der Waals surface area (Å²) in [5.74, 6) is 0. The fourth-order valence-corrected chi connectivity index (χ4v) is 2.95. The molecule has 1 aromatic carbocycles. The number of pyridine rings is 2. The van der Waals surface area contributed by atoms with Gasteiger partial charge in [-0.15, -0.1) is 0 Å². The van der Waals surface area contributed by atoms with Crippen molar-refractivity contribution in [1.82, 2.24) is 19.9 Å². The van der Waals surface area contributed by atoms with Crippen molar-refractivity contribution in [3.8, 4) is 0 Å². The Morgan fingerprint density at radius 3 is 2.65 bits per heavy atom. The molecule has 0 saturated heterocycles. The summed E-state index contributed by atoms with van der Waals surface area (Å²) in [5, 5.41) is 3.36.